The molecule has 1 aromatic carbocycles. The molecule has 0 fully saturated rings. The van der Waals surface area contributed by atoms with E-state index >= 15 is 0 Å². The van der Waals surface area contributed by atoms with Crippen LogP contribution in [0, 0.1) is 6.92 Å². The first-order chi connectivity index (χ1) is 13.0. The van der Waals surface area contributed by atoms with Gasteiger partial charge in [0.1, 0.15) is 5.82 Å². The van der Waals surface area contributed by atoms with Crippen LogP contribution in [0.4, 0.5) is 0 Å². The lowest BCUT2D eigenvalue weighted by molar-refractivity contribution is 0.0680. The van der Waals surface area contributed by atoms with Gasteiger partial charge >= 0.3 is 0 Å². The van der Waals surface area contributed by atoms with Crippen LogP contribution in [0.5, 0.6) is 0 Å². The molecule has 2 heterocycles. The molecule has 0 bridgehead atoms. The third-order valence-electron chi connectivity index (χ3n) is 4.41. The number of thiophene rings is 1. The Bertz CT molecular complexity index is 1010. The number of nitrogens with one attached hydrogen (secondary N) is 1. The molecule has 2 aromatic heterocycles. The number of hydrogen-bond donors (Lipinski definition) is 1. The number of carbonyl (C=O) groups is 1. The average Bonchev–Trinajstić information content (AvgIpc) is 3.05. The van der Waals surface area contributed by atoms with Crippen molar-refractivity contribution in [3.05, 3.63) is 61.8 Å². The van der Waals surface area contributed by atoms with E-state index in [1.54, 1.807) is 30.2 Å². The summed E-state index contributed by atoms with van der Waals surface area (Å²) in [6.07, 6.45) is 0.904. The highest BCUT2D eigenvalue weighted by Crippen LogP contribution is 2.24. The lowest BCUT2D eigenvalue weighted by Crippen LogP contribution is -2.34. The minimum atomic E-state index is -0.199. The number of fused-ring (bicyclic) bond motifs is 1. The molecule has 0 aliphatic carbocycles. The van der Waals surface area contributed by atoms with Gasteiger partial charge < -0.3 is 14.6 Å². The van der Waals surface area contributed by atoms with E-state index in [1.807, 2.05) is 19.1 Å². The molecule has 0 radical (unpaired) electrons. The second-order valence-electron chi connectivity index (χ2n) is 6.32. The van der Waals surface area contributed by atoms with Crippen molar-refractivity contribution in [2.24, 2.45) is 0 Å². The molecule has 3 aromatic rings. The molecule has 0 atom stereocenters. The van der Waals surface area contributed by atoms with Gasteiger partial charge in [-0.05, 0) is 37.1 Å². The maximum absolute atomic E-state index is 13.0. The molecule has 1 N–H and O–H groups in total. The van der Waals surface area contributed by atoms with Crippen LogP contribution in [0.25, 0.3) is 10.9 Å². The first-order valence-corrected chi connectivity index (χ1v) is 9.70. The molecule has 6 nitrogen and oxygen atoms in total. The minimum Gasteiger partial charge on any atom is -0.383 e. The molecule has 0 saturated carbocycles. The van der Waals surface area contributed by atoms with Crippen LogP contribution in [0.2, 0.25) is 0 Å². The summed E-state index contributed by atoms with van der Waals surface area (Å²) in [7, 11) is 1.60. The van der Waals surface area contributed by atoms with Gasteiger partial charge in [0.15, 0.2) is 0 Å². The first kappa shape index (κ1) is 19.3. The van der Waals surface area contributed by atoms with Crippen LogP contribution < -0.4 is 5.56 Å². The molecule has 0 spiro atoms. The standard InChI is InChI=1S/C20H23N3O3S/c1-4-16-13(2)11-17(27-16)20(25)23(9-10-26-3)12-18-21-15-8-6-5-7-14(15)19(24)22-18/h5-8,11H,4,9-10,12H2,1-3H3,(H,21,22,24). The van der Waals surface area contributed by atoms with Gasteiger partial charge in [0.2, 0.25) is 0 Å². The van der Waals surface area contributed by atoms with Crippen LogP contribution in [-0.2, 0) is 17.7 Å². The number of para-hydroxylation sites is 1. The van der Waals surface area contributed by atoms with Gasteiger partial charge in [-0.25, -0.2) is 4.98 Å². The third-order valence-corrected chi connectivity index (χ3v) is 5.78. The Morgan fingerprint density at radius 1 is 1.33 bits per heavy atom. The van der Waals surface area contributed by atoms with Gasteiger partial charge in [0, 0.05) is 18.5 Å². The quantitative estimate of drug-likeness (QED) is 0.678. The molecule has 27 heavy (non-hydrogen) atoms. The highest BCUT2D eigenvalue weighted by Gasteiger charge is 2.20. The molecule has 0 aliphatic rings. The molecule has 3 rings (SSSR count). The average molecular weight is 385 g/mol. The monoisotopic (exact) mass is 385 g/mol. The maximum atomic E-state index is 13.0. The number of ether oxygens (including phenoxy) is 1. The zero-order valence-electron chi connectivity index (χ0n) is 15.7. The number of methoxy groups -OCH3 is 1. The fraction of sp³-hybridized carbons (Fsp3) is 0.350. The second-order valence-corrected chi connectivity index (χ2v) is 7.46. The van der Waals surface area contributed by atoms with Crippen molar-refractivity contribution in [1.82, 2.24) is 14.9 Å². The summed E-state index contributed by atoms with van der Waals surface area (Å²) in [5, 5.41) is 0.539. The van der Waals surface area contributed by atoms with Crippen LogP contribution in [0.1, 0.15) is 32.9 Å². The largest absolute Gasteiger partial charge is 0.383 e. The smallest absolute Gasteiger partial charge is 0.264 e. The predicted octanol–water partition coefficient (Wildman–Crippen LogP) is 3.14. The molecule has 1 amide bonds. The summed E-state index contributed by atoms with van der Waals surface area (Å²) in [6.45, 7) is 5.16. The lowest BCUT2D eigenvalue weighted by Gasteiger charge is -2.21. The number of aryl methyl sites for hydroxylation is 2. The van der Waals surface area contributed by atoms with E-state index < -0.39 is 0 Å². The number of aromatic amines is 1. The molecule has 142 valence electrons. The van der Waals surface area contributed by atoms with Gasteiger partial charge in [-0.3, -0.25) is 9.59 Å². The van der Waals surface area contributed by atoms with E-state index in [0.717, 1.165) is 12.0 Å². The van der Waals surface area contributed by atoms with Gasteiger partial charge in [-0.15, -0.1) is 11.3 Å². The number of amides is 1. The van der Waals surface area contributed by atoms with Gasteiger partial charge in [-0.2, -0.15) is 0 Å². The Hall–Kier alpha value is -2.51. The molecular formula is C20H23N3O3S. The van der Waals surface area contributed by atoms with Crippen LogP contribution in [0.3, 0.4) is 0 Å². The van der Waals surface area contributed by atoms with Crippen molar-refractivity contribution in [3.63, 3.8) is 0 Å². The van der Waals surface area contributed by atoms with Crippen molar-refractivity contribution in [3.8, 4) is 0 Å². The summed E-state index contributed by atoms with van der Waals surface area (Å²) in [4.78, 5) is 36.2. The lowest BCUT2D eigenvalue weighted by atomic mass is 10.2. The topological polar surface area (TPSA) is 75.3 Å². The number of nitrogens with zero attached hydrogens (tertiary/aromatic N) is 2. The second kappa shape index (κ2) is 8.45. The summed E-state index contributed by atoms with van der Waals surface area (Å²) in [5.74, 6) is 0.391. The van der Waals surface area contributed by atoms with E-state index in [-0.39, 0.29) is 18.0 Å². The van der Waals surface area contributed by atoms with Crippen LogP contribution in [-0.4, -0.2) is 41.0 Å². The third kappa shape index (κ3) is 4.26. The number of hydrogen-bond acceptors (Lipinski definition) is 5. The van der Waals surface area contributed by atoms with E-state index in [9.17, 15) is 9.59 Å². The van der Waals surface area contributed by atoms with Gasteiger partial charge in [-0.1, -0.05) is 19.1 Å². The van der Waals surface area contributed by atoms with Crippen LogP contribution >= 0.6 is 11.3 Å². The number of rotatable bonds is 7. The summed E-state index contributed by atoms with van der Waals surface area (Å²) in [6, 6.07) is 9.11. The van der Waals surface area contributed by atoms with Crippen molar-refractivity contribution in [1.29, 1.82) is 0 Å². The van der Waals surface area contributed by atoms with Crippen LogP contribution in [0.15, 0.2) is 35.1 Å². The highest BCUT2D eigenvalue weighted by molar-refractivity contribution is 7.14. The van der Waals surface area contributed by atoms with Gasteiger partial charge in [0.05, 0.1) is 28.9 Å². The number of aromatic nitrogens is 2. The van der Waals surface area contributed by atoms with E-state index in [0.29, 0.717) is 34.8 Å². The maximum Gasteiger partial charge on any atom is 0.264 e. The van der Waals surface area contributed by atoms with Crippen molar-refractivity contribution >= 4 is 28.1 Å². The molecule has 0 saturated heterocycles. The van der Waals surface area contributed by atoms with Crippen molar-refractivity contribution < 1.29 is 9.53 Å². The Kier molecular flexibility index (Phi) is 6.03. The SMILES string of the molecule is CCc1sc(C(=O)N(CCOC)Cc2nc3ccccc3c(=O)[nH]2)cc1C. The molecule has 0 aliphatic heterocycles. The van der Waals surface area contributed by atoms with E-state index in [1.165, 1.54) is 16.2 Å². The molecular weight excluding hydrogens is 362 g/mol. The van der Waals surface area contributed by atoms with Crippen molar-refractivity contribution in [2.45, 2.75) is 26.8 Å². The van der Waals surface area contributed by atoms with Crippen molar-refractivity contribution in [2.75, 3.05) is 20.3 Å². The minimum absolute atomic E-state index is 0.0735. The Morgan fingerprint density at radius 3 is 2.81 bits per heavy atom. The fourth-order valence-electron chi connectivity index (χ4n) is 2.98. The number of carbonyl (C=O) groups excluding carboxylic acids is 1. The number of H-pyrrole nitrogens is 1. The fourth-order valence-corrected chi connectivity index (χ4v) is 4.06. The van der Waals surface area contributed by atoms with Gasteiger partial charge in [0.25, 0.3) is 11.5 Å². The summed E-state index contributed by atoms with van der Waals surface area (Å²) < 4.78 is 5.16. The number of benzene rings is 1. The summed E-state index contributed by atoms with van der Waals surface area (Å²) in [5.41, 5.74) is 1.56. The normalized spacial score (nSPS) is 11.1. The first-order valence-electron chi connectivity index (χ1n) is 8.89. The molecule has 0 unspecified atom stereocenters. The molecule has 7 heteroatoms. The summed E-state index contributed by atoms with van der Waals surface area (Å²) >= 11 is 1.52. The highest BCUT2D eigenvalue weighted by atomic mass is 32.1. The Balaban J connectivity index is 1.90. The Morgan fingerprint density at radius 2 is 2.11 bits per heavy atom. The Labute approximate surface area is 161 Å². The van der Waals surface area contributed by atoms with E-state index in [4.69, 9.17) is 4.74 Å². The predicted molar refractivity (Wildman–Crippen MR) is 107 cm³/mol. The zero-order chi connectivity index (χ0) is 19.4. The van der Waals surface area contributed by atoms with E-state index in [2.05, 4.69) is 16.9 Å². The zero-order valence-corrected chi connectivity index (χ0v) is 16.6.